The minimum atomic E-state index is -1.50. The summed E-state index contributed by atoms with van der Waals surface area (Å²) in [5.74, 6) is -0.991. The molecule has 0 amide bonds. The molecule has 0 atom stereocenters. The van der Waals surface area contributed by atoms with E-state index >= 15 is 0 Å². The van der Waals surface area contributed by atoms with E-state index in [1.54, 1.807) is 30.3 Å². The molecule has 0 spiro atoms. The van der Waals surface area contributed by atoms with E-state index in [0.717, 1.165) is 0 Å². The fraction of sp³-hybridized carbons (Fsp3) is 0.0909. The first-order valence-corrected chi connectivity index (χ1v) is 4.15. The van der Waals surface area contributed by atoms with Crippen LogP contribution in [-0.2, 0) is 4.79 Å². The Morgan fingerprint density at radius 2 is 2.12 bits per heavy atom. The molecule has 0 bridgehead atoms. The van der Waals surface area contributed by atoms with E-state index in [9.17, 15) is 9.90 Å². The minimum Gasteiger partial charge on any atom is -0.544 e. The Balaban J connectivity index is 0.00000225. The molecule has 76 valence electrons. The molecular weight excluding hydrogens is 217 g/mol. The zero-order valence-electron chi connectivity index (χ0n) is 9.06. The average molecular weight is 225 g/mol. The second-order valence-corrected chi connectivity index (χ2v) is 2.70. The van der Waals surface area contributed by atoms with Gasteiger partial charge in [0.25, 0.3) is 0 Å². The SMILES string of the molecule is COc1ccccc1/C=C(\C#N)C(=O)[O-].[Na+]. The number of ether oxygens (including phenoxy) is 1. The van der Waals surface area contributed by atoms with Crippen LogP contribution in [0.5, 0.6) is 5.75 Å². The zero-order chi connectivity index (χ0) is 11.3. The van der Waals surface area contributed by atoms with Crippen LogP contribution in [0.25, 0.3) is 6.08 Å². The van der Waals surface area contributed by atoms with Crippen molar-refractivity contribution >= 4 is 12.0 Å². The van der Waals surface area contributed by atoms with E-state index in [-0.39, 0.29) is 29.6 Å². The van der Waals surface area contributed by atoms with Gasteiger partial charge in [-0.05, 0) is 12.1 Å². The molecule has 1 aromatic carbocycles. The van der Waals surface area contributed by atoms with Crippen LogP contribution in [0.4, 0.5) is 0 Å². The number of hydrogen-bond donors (Lipinski definition) is 0. The monoisotopic (exact) mass is 225 g/mol. The zero-order valence-corrected chi connectivity index (χ0v) is 11.1. The van der Waals surface area contributed by atoms with Crippen molar-refractivity contribution < 1.29 is 44.2 Å². The summed E-state index contributed by atoms with van der Waals surface area (Å²) in [6, 6.07) is 8.35. The van der Waals surface area contributed by atoms with E-state index in [1.807, 2.05) is 0 Å². The van der Waals surface area contributed by atoms with Crippen molar-refractivity contribution in [1.29, 1.82) is 5.26 Å². The van der Waals surface area contributed by atoms with Gasteiger partial charge in [0.2, 0.25) is 0 Å². The number of carboxylic acids is 1. The Morgan fingerprint density at radius 1 is 1.50 bits per heavy atom. The van der Waals surface area contributed by atoms with E-state index < -0.39 is 11.5 Å². The fourth-order valence-electron chi connectivity index (χ4n) is 1.08. The van der Waals surface area contributed by atoms with Crippen molar-refractivity contribution in [3.63, 3.8) is 0 Å². The number of hydrogen-bond acceptors (Lipinski definition) is 4. The molecular formula is C11H8NNaO3. The molecule has 4 nitrogen and oxygen atoms in total. The third-order valence-corrected chi connectivity index (χ3v) is 1.78. The molecule has 0 fully saturated rings. The maximum atomic E-state index is 10.5. The van der Waals surface area contributed by atoms with Gasteiger partial charge in [0.15, 0.2) is 0 Å². The topological polar surface area (TPSA) is 73.1 Å². The van der Waals surface area contributed by atoms with Gasteiger partial charge in [0.05, 0.1) is 18.7 Å². The van der Waals surface area contributed by atoms with Gasteiger partial charge in [-0.2, -0.15) is 5.26 Å². The normalized spacial score (nSPS) is 9.88. The third-order valence-electron chi connectivity index (χ3n) is 1.78. The number of para-hydroxylation sites is 1. The molecule has 1 aromatic rings. The number of carboxylic acid groups (broad SMARTS) is 1. The first-order valence-electron chi connectivity index (χ1n) is 4.15. The van der Waals surface area contributed by atoms with Gasteiger partial charge in [0.1, 0.15) is 11.8 Å². The van der Waals surface area contributed by atoms with Crippen molar-refractivity contribution in [2.24, 2.45) is 0 Å². The summed E-state index contributed by atoms with van der Waals surface area (Å²) >= 11 is 0. The van der Waals surface area contributed by atoms with Gasteiger partial charge in [0, 0.05) is 5.56 Å². The molecule has 0 saturated heterocycles. The van der Waals surface area contributed by atoms with E-state index in [2.05, 4.69) is 0 Å². The second kappa shape index (κ2) is 7.07. The molecule has 16 heavy (non-hydrogen) atoms. The maximum absolute atomic E-state index is 10.5. The summed E-state index contributed by atoms with van der Waals surface area (Å²) in [5, 5.41) is 19.0. The largest absolute Gasteiger partial charge is 1.00 e. The standard InChI is InChI=1S/C11H9NO3.Na/c1-15-10-5-3-2-4-8(10)6-9(7-12)11(13)14;/h2-6H,1H3,(H,13,14);/q;+1/p-1/b9-6+;. The smallest absolute Gasteiger partial charge is 0.544 e. The van der Waals surface area contributed by atoms with Crippen LogP contribution in [0.3, 0.4) is 0 Å². The number of methoxy groups -OCH3 is 1. The van der Waals surface area contributed by atoms with Crippen LogP contribution in [0.2, 0.25) is 0 Å². The van der Waals surface area contributed by atoms with E-state index in [1.165, 1.54) is 13.2 Å². The van der Waals surface area contributed by atoms with Crippen molar-refractivity contribution in [2.75, 3.05) is 7.11 Å². The number of rotatable bonds is 3. The number of nitrogens with zero attached hydrogens (tertiary/aromatic N) is 1. The van der Waals surface area contributed by atoms with Gasteiger partial charge >= 0.3 is 29.6 Å². The average Bonchev–Trinajstić information content (AvgIpc) is 2.25. The number of nitriles is 1. The van der Waals surface area contributed by atoms with E-state index in [0.29, 0.717) is 11.3 Å². The molecule has 0 saturated carbocycles. The first kappa shape index (κ1) is 14.7. The van der Waals surface area contributed by atoms with Gasteiger partial charge in [-0.15, -0.1) is 0 Å². The summed E-state index contributed by atoms with van der Waals surface area (Å²) in [6.45, 7) is 0. The summed E-state index contributed by atoms with van der Waals surface area (Å²) < 4.78 is 5.00. The Morgan fingerprint density at radius 3 is 2.62 bits per heavy atom. The van der Waals surface area contributed by atoms with Gasteiger partial charge in [-0.25, -0.2) is 0 Å². The number of aliphatic carboxylic acids is 1. The van der Waals surface area contributed by atoms with Gasteiger partial charge in [-0.3, -0.25) is 0 Å². The van der Waals surface area contributed by atoms with Crippen molar-refractivity contribution in [3.05, 3.63) is 35.4 Å². The quantitative estimate of drug-likeness (QED) is 0.320. The summed E-state index contributed by atoms with van der Waals surface area (Å²) in [7, 11) is 1.47. The number of benzene rings is 1. The molecule has 0 unspecified atom stereocenters. The van der Waals surface area contributed by atoms with Crippen LogP contribution >= 0.6 is 0 Å². The first-order chi connectivity index (χ1) is 7.19. The molecule has 0 aromatic heterocycles. The van der Waals surface area contributed by atoms with Crippen molar-refractivity contribution in [2.45, 2.75) is 0 Å². The Bertz CT molecular complexity index is 449. The van der Waals surface area contributed by atoms with Crippen LogP contribution in [0.15, 0.2) is 29.8 Å². The van der Waals surface area contributed by atoms with Crippen LogP contribution in [0.1, 0.15) is 5.56 Å². The molecule has 0 aliphatic rings. The maximum Gasteiger partial charge on any atom is 1.00 e. The van der Waals surface area contributed by atoms with Crippen LogP contribution in [0, 0.1) is 11.3 Å². The number of carbonyl (C=O) groups is 1. The molecule has 0 N–H and O–H groups in total. The Labute approximate surface area is 115 Å². The summed E-state index contributed by atoms with van der Waals surface area (Å²) in [6.07, 6.45) is 1.22. The van der Waals surface area contributed by atoms with Gasteiger partial charge in [-0.1, -0.05) is 18.2 Å². The fourth-order valence-corrected chi connectivity index (χ4v) is 1.08. The summed E-state index contributed by atoms with van der Waals surface area (Å²) in [4.78, 5) is 10.5. The predicted octanol–water partition coefficient (Wildman–Crippen LogP) is -2.64. The number of carbonyl (C=O) groups excluding carboxylic acids is 1. The van der Waals surface area contributed by atoms with Crippen molar-refractivity contribution in [3.8, 4) is 11.8 Å². The Hall–Kier alpha value is -1.28. The Kier molecular flexibility index (Phi) is 6.50. The minimum absolute atomic E-state index is 0. The second-order valence-electron chi connectivity index (χ2n) is 2.70. The third kappa shape index (κ3) is 3.70. The van der Waals surface area contributed by atoms with Crippen molar-refractivity contribution in [1.82, 2.24) is 0 Å². The molecule has 0 aliphatic heterocycles. The molecule has 5 heteroatoms. The van der Waals surface area contributed by atoms with Crippen LogP contribution < -0.4 is 39.4 Å². The molecule has 0 radical (unpaired) electrons. The van der Waals surface area contributed by atoms with Gasteiger partial charge < -0.3 is 14.6 Å². The molecule has 0 heterocycles. The molecule has 0 aliphatic carbocycles. The summed E-state index contributed by atoms with van der Waals surface area (Å²) in [5.41, 5.74) is 0.0975. The predicted molar refractivity (Wildman–Crippen MR) is 51.6 cm³/mol. The van der Waals surface area contributed by atoms with E-state index in [4.69, 9.17) is 10.00 Å². The molecule has 1 rings (SSSR count). The van der Waals surface area contributed by atoms with Crippen LogP contribution in [-0.4, -0.2) is 13.1 Å².